The molecule has 0 aliphatic heterocycles. The summed E-state index contributed by atoms with van der Waals surface area (Å²) in [5.74, 6) is -1.35. The molecule has 2 aromatic rings. The maximum atomic E-state index is 9.94. The predicted octanol–water partition coefficient (Wildman–Crippen LogP) is -0.372. The van der Waals surface area contributed by atoms with Crippen LogP contribution in [0.5, 0.6) is 11.5 Å². The van der Waals surface area contributed by atoms with Gasteiger partial charge >= 0.3 is 17.1 Å². The first kappa shape index (κ1) is 20.5. The summed E-state index contributed by atoms with van der Waals surface area (Å²) in [6, 6.07) is 17.5. The number of ether oxygens (including phenoxy) is 2. The molecule has 2 rings (SSSR count). The van der Waals surface area contributed by atoms with Crippen molar-refractivity contribution in [2.75, 3.05) is 13.2 Å². The molecular weight excluding hydrogens is 352 g/mol. The number of carboxylic acid groups (broad SMARTS) is 2. The minimum Gasteiger partial charge on any atom is -0.546 e. The zero-order valence-electron chi connectivity index (χ0n) is 11.9. The third-order valence-corrected chi connectivity index (χ3v) is 2.20. The molecule has 0 amide bonds. The van der Waals surface area contributed by atoms with Crippen LogP contribution in [-0.2, 0) is 26.7 Å². The number of rotatable bonds is 6. The van der Waals surface area contributed by atoms with E-state index >= 15 is 0 Å². The van der Waals surface area contributed by atoms with Gasteiger partial charge in [0.15, 0.2) is 0 Å². The van der Waals surface area contributed by atoms with Gasteiger partial charge in [0.05, 0.1) is 11.9 Å². The number of hydrogen-bond acceptors (Lipinski definition) is 6. The van der Waals surface area contributed by atoms with E-state index in [1.54, 1.807) is 48.5 Å². The molecule has 0 aromatic heterocycles. The normalized spacial score (nSPS) is 8.70. The fourth-order valence-corrected chi connectivity index (χ4v) is 1.32. The van der Waals surface area contributed by atoms with E-state index in [0.29, 0.717) is 11.5 Å². The van der Waals surface area contributed by atoms with E-state index in [1.165, 1.54) is 0 Å². The average molecular weight is 366 g/mol. The summed E-state index contributed by atoms with van der Waals surface area (Å²) in [6.07, 6.45) is 0. The minimum atomic E-state index is -1.21. The van der Waals surface area contributed by atoms with Crippen LogP contribution in [0.3, 0.4) is 0 Å². The zero-order chi connectivity index (χ0) is 16.2. The van der Waals surface area contributed by atoms with Gasteiger partial charge in [-0.2, -0.15) is 0 Å². The summed E-state index contributed by atoms with van der Waals surface area (Å²) in [7, 11) is 0. The van der Waals surface area contributed by atoms with Gasteiger partial charge < -0.3 is 29.3 Å². The molecule has 0 aliphatic carbocycles. The van der Waals surface area contributed by atoms with Crippen LogP contribution in [0.15, 0.2) is 60.7 Å². The van der Waals surface area contributed by atoms with Gasteiger partial charge in [-0.05, 0) is 24.3 Å². The molecule has 0 heterocycles. The molecule has 2 aromatic carbocycles. The molecule has 6 nitrogen and oxygen atoms in total. The van der Waals surface area contributed by atoms with E-state index in [-0.39, 0.29) is 17.1 Å². The Morgan fingerprint density at radius 1 is 0.696 bits per heavy atom. The third kappa shape index (κ3) is 10.8. The Bertz CT molecular complexity index is 520. The molecule has 0 fully saturated rings. The molecule has 0 N–H and O–H groups in total. The van der Waals surface area contributed by atoms with Gasteiger partial charge in [0.2, 0.25) is 0 Å². The zero-order valence-corrected chi connectivity index (χ0v) is 12.9. The van der Waals surface area contributed by atoms with Crippen molar-refractivity contribution >= 4 is 11.9 Å². The van der Waals surface area contributed by atoms with Gasteiger partial charge in [-0.1, -0.05) is 36.4 Å². The van der Waals surface area contributed by atoms with E-state index < -0.39 is 25.2 Å². The molecule has 7 heteroatoms. The number of aliphatic carboxylic acids is 2. The van der Waals surface area contributed by atoms with Crippen molar-refractivity contribution in [1.29, 1.82) is 0 Å². The van der Waals surface area contributed by atoms with Crippen LogP contribution in [0, 0.1) is 0 Å². The van der Waals surface area contributed by atoms with Crippen molar-refractivity contribution in [3.05, 3.63) is 60.7 Å². The molecule has 1 radical (unpaired) electrons. The molecule has 0 saturated heterocycles. The second kappa shape index (κ2) is 12.1. The van der Waals surface area contributed by atoms with Gasteiger partial charge in [0.1, 0.15) is 24.7 Å². The molecule has 125 valence electrons. The average Bonchev–Trinajstić information content (AvgIpc) is 2.53. The Balaban J connectivity index is 0.000000403. The predicted molar refractivity (Wildman–Crippen MR) is 73.9 cm³/mol. The van der Waals surface area contributed by atoms with Gasteiger partial charge in [-0.3, -0.25) is 0 Å². The van der Waals surface area contributed by atoms with Crippen molar-refractivity contribution in [2.45, 2.75) is 0 Å². The SMILES string of the molecule is O=C([O-])COc1ccccc1.O=C([O-])COc1ccccc1.[Cu+2]. The van der Waals surface area contributed by atoms with Crippen LogP contribution >= 0.6 is 0 Å². The van der Waals surface area contributed by atoms with Gasteiger partial charge in [-0.15, -0.1) is 0 Å². The fourth-order valence-electron chi connectivity index (χ4n) is 1.32. The Labute approximate surface area is 144 Å². The second-order valence-electron chi connectivity index (χ2n) is 3.95. The molecule has 0 aliphatic rings. The molecule has 0 spiro atoms. The Kier molecular flexibility index (Phi) is 10.8. The van der Waals surface area contributed by atoms with Crippen LogP contribution in [0.2, 0.25) is 0 Å². The van der Waals surface area contributed by atoms with Crippen molar-refractivity contribution in [2.24, 2.45) is 0 Å². The third-order valence-electron chi connectivity index (χ3n) is 2.20. The number of carbonyl (C=O) groups excluding carboxylic acids is 2. The Hall–Kier alpha value is -2.50. The van der Waals surface area contributed by atoms with Crippen LogP contribution in [0.1, 0.15) is 0 Å². The first-order chi connectivity index (χ1) is 10.6. The van der Waals surface area contributed by atoms with Gasteiger partial charge in [-0.25, -0.2) is 0 Å². The quantitative estimate of drug-likeness (QED) is 0.647. The molecule has 23 heavy (non-hydrogen) atoms. The minimum absolute atomic E-state index is 0. The number of benzene rings is 2. The maximum absolute atomic E-state index is 9.94. The van der Waals surface area contributed by atoms with Crippen LogP contribution in [0.4, 0.5) is 0 Å². The van der Waals surface area contributed by atoms with Crippen molar-refractivity contribution in [3.63, 3.8) is 0 Å². The second-order valence-corrected chi connectivity index (χ2v) is 3.95. The van der Waals surface area contributed by atoms with E-state index in [9.17, 15) is 19.8 Å². The monoisotopic (exact) mass is 365 g/mol. The molecule has 0 bridgehead atoms. The van der Waals surface area contributed by atoms with E-state index in [2.05, 4.69) is 0 Å². The summed E-state index contributed by atoms with van der Waals surface area (Å²) in [4.78, 5) is 19.9. The summed E-state index contributed by atoms with van der Waals surface area (Å²) in [5.41, 5.74) is 0. The van der Waals surface area contributed by atoms with E-state index in [0.717, 1.165) is 0 Å². The molecular formula is C16H14CuO6. The molecule has 0 atom stereocenters. The number of para-hydroxylation sites is 2. The van der Waals surface area contributed by atoms with E-state index in [1.807, 2.05) is 12.1 Å². The summed E-state index contributed by atoms with van der Waals surface area (Å²) in [5, 5.41) is 19.9. The van der Waals surface area contributed by atoms with Gasteiger partial charge in [0, 0.05) is 0 Å². The standard InChI is InChI=1S/2C8H8O3.Cu/c2*9-8(10)6-11-7-4-2-1-3-5-7;/h2*1-5H,6H2,(H,9,10);/q;;+2/p-2. The largest absolute Gasteiger partial charge is 2.00 e. The number of hydrogen-bond donors (Lipinski definition) is 0. The Morgan fingerprint density at radius 2 is 1.00 bits per heavy atom. The van der Waals surface area contributed by atoms with E-state index in [4.69, 9.17) is 9.47 Å². The summed E-state index contributed by atoms with van der Waals surface area (Å²) < 4.78 is 9.61. The Morgan fingerprint density at radius 3 is 1.26 bits per heavy atom. The van der Waals surface area contributed by atoms with Gasteiger partial charge in [0.25, 0.3) is 0 Å². The van der Waals surface area contributed by atoms with Crippen molar-refractivity contribution < 1.29 is 46.3 Å². The first-order valence-corrected chi connectivity index (χ1v) is 6.33. The summed E-state index contributed by atoms with van der Waals surface area (Å²) in [6.45, 7) is -0.798. The number of carboxylic acids is 2. The molecule has 0 saturated carbocycles. The smallest absolute Gasteiger partial charge is 0.546 e. The summed E-state index contributed by atoms with van der Waals surface area (Å²) >= 11 is 0. The fraction of sp³-hybridized carbons (Fsp3) is 0.125. The van der Waals surface area contributed by atoms with Crippen LogP contribution in [-0.4, -0.2) is 25.2 Å². The van der Waals surface area contributed by atoms with Crippen LogP contribution < -0.4 is 19.7 Å². The maximum Gasteiger partial charge on any atom is 2.00 e. The van der Waals surface area contributed by atoms with Crippen molar-refractivity contribution in [1.82, 2.24) is 0 Å². The van der Waals surface area contributed by atoms with Crippen molar-refractivity contribution in [3.8, 4) is 11.5 Å². The number of carbonyl (C=O) groups is 2. The van der Waals surface area contributed by atoms with Crippen LogP contribution in [0.25, 0.3) is 0 Å². The first-order valence-electron chi connectivity index (χ1n) is 6.33. The molecule has 0 unspecified atom stereocenters. The topological polar surface area (TPSA) is 98.7 Å².